The van der Waals surface area contributed by atoms with E-state index in [-0.39, 0.29) is 23.8 Å². The number of fused-ring (bicyclic) bond motifs is 3. The molecule has 0 fully saturated rings. The number of hydrogen-bond donors (Lipinski definition) is 0. The molecule has 0 saturated carbocycles. The van der Waals surface area contributed by atoms with Crippen molar-refractivity contribution >= 4 is 23.2 Å². The molecule has 9 heteroatoms. The van der Waals surface area contributed by atoms with E-state index in [1.807, 2.05) is 20.9 Å². The summed E-state index contributed by atoms with van der Waals surface area (Å²) in [5.41, 5.74) is 5.43. The molecule has 0 saturated heterocycles. The molecule has 2 atom stereocenters. The van der Waals surface area contributed by atoms with Gasteiger partial charge in [-0.2, -0.15) is 5.10 Å². The largest absolute Gasteiger partial charge is 0.485 e. The molecular formula is C26H29ClFN5O2. The Kier molecular flexibility index (Phi) is 5.95. The molecule has 0 spiro atoms. The topological polar surface area (TPSA) is 63.0 Å². The first kappa shape index (κ1) is 23.6. The average Bonchev–Trinajstić information content (AvgIpc) is 3.38. The molecule has 0 radical (unpaired) electrons. The van der Waals surface area contributed by atoms with Gasteiger partial charge in [0.05, 0.1) is 40.8 Å². The molecule has 2 aromatic heterocycles. The first-order valence-corrected chi connectivity index (χ1v) is 12.3. The number of amides is 1. The van der Waals surface area contributed by atoms with Crippen LogP contribution in [0.4, 0.5) is 4.39 Å². The first-order valence-electron chi connectivity index (χ1n) is 11.9. The molecule has 1 unspecified atom stereocenters. The Hall–Kier alpha value is -3.13. The van der Waals surface area contributed by atoms with Crippen molar-refractivity contribution in [2.24, 2.45) is 0 Å². The van der Waals surface area contributed by atoms with E-state index in [1.165, 1.54) is 18.2 Å². The highest BCUT2D eigenvalue weighted by molar-refractivity contribution is 6.31. The van der Waals surface area contributed by atoms with Crippen molar-refractivity contribution in [1.82, 2.24) is 24.4 Å². The number of rotatable bonds is 4. The van der Waals surface area contributed by atoms with Crippen molar-refractivity contribution in [3.8, 4) is 5.75 Å². The van der Waals surface area contributed by atoms with Gasteiger partial charge >= 0.3 is 0 Å². The zero-order valence-corrected chi connectivity index (χ0v) is 21.4. The molecule has 7 nitrogen and oxygen atoms in total. The Labute approximate surface area is 209 Å². The summed E-state index contributed by atoms with van der Waals surface area (Å²) in [5.74, 6) is -0.387. The van der Waals surface area contributed by atoms with Crippen molar-refractivity contribution in [2.45, 2.75) is 65.8 Å². The summed E-state index contributed by atoms with van der Waals surface area (Å²) >= 11 is 6.35. The summed E-state index contributed by atoms with van der Waals surface area (Å²) in [5, 5.41) is 5.25. The number of benzene rings is 1. The second kappa shape index (κ2) is 8.82. The van der Waals surface area contributed by atoms with Crippen LogP contribution < -0.4 is 4.74 Å². The SMILES string of the molecule is CCC1=CN(C)C(C)C[C@H]1Oc1cc(F)ccc1C(=O)N1Cc2nn3c(C)c(Cl)c(C)nc3c2C1. The number of halogens is 2. The van der Waals surface area contributed by atoms with Crippen LogP contribution in [0.5, 0.6) is 5.75 Å². The van der Waals surface area contributed by atoms with Crippen LogP contribution in [0.15, 0.2) is 30.0 Å². The molecule has 1 aromatic carbocycles. The summed E-state index contributed by atoms with van der Waals surface area (Å²) in [6.45, 7) is 8.67. The van der Waals surface area contributed by atoms with E-state index in [4.69, 9.17) is 16.3 Å². The minimum Gasteiger partial charge on any atom is -0.485 e. The van der Waals surface area contributed by atoms with Gasteiger partial charge in [0.2, 0.25) is 0 Å². The van der Waals surface area contributed by atoms with Crippen molar-refractivity contribution in [2.75, 3.05) is 7.05 Å². The Morgan fingerprint density at radius 1 is 1.29 bits per heavy atom. The van der Waals surface area contributed by atoms with E-state index in [0.29, 0.717) is 29.3 Å². The third-order valence-corrected chi connectivity index (χ3v) is 7.68. The van der Waals surface area contributed by atoms with Gasteiger partial charge in [-0.05, 0) is 44.9 Å². The van der Waals surface area contributed by atoms with Crippen LogP contribution in [0.3, 0.4) is 0 Å². The second-order valence-corrected chi connectivity index (χ2v) is 9.85. The standard InChI is InChI=1S/C26H29ClFN5O2/c1-6-17-11-31(5)14(2)9-22(17)35-23-10-18(28)7-8-19(23)26(34)32-12-20-21(13-32)30-33-16(4)24(27)15(3)29-25(20)33/h7-8,10-11,14,22H,6,9,12-13H2,1-5H3/t14?,22-/m1/s1. The minimum atomic E-state index is -0.436. The van der Waals surface area contributed by atoms with Gasteiger partial charge in [0.25, 0.3) is 5.91 Å². The van der Waals surface area contributed by atoms with E-state index < -0.39 is 5.82 Å². The van der Waals surface area contributed by atoms with Gasteiger partial charge in [0, 0.05) is 37.3 Å². The Morgan fingerprint density at radius 3 is 2.80 bits per heavy atom. The molecule has 184 valence electrons. The van der Waals surface area contributed by atoms with E-state index >= 15 is 0 Å². The molecule has 2 aliphatic heterocycles. The third-order valence-electron chi connectivity index (χ3n) is 7.13. The van der Waals surface area contributed by atoms with Gasteiger partial charge in [-0.25, -0.2) is 13.9 Å². The van der Waals surface area contributed by atoms with Crippen LogP contribution in [0.2, 0.25) is 5.02 Å². The minimum absolute atomic E-state index is 0.209. The summed E-state index contributed by atoms with van der Waals surface area (Å²) in [6.07, 6.45) is 3.46. The summed E-state index contributed by atoms with van der Waals surface area (Å²) < 4.78 is 22.3. The molecule has 35 heavy (non-hydrogen) atoms. The number of aromatic nitrogens is 3. The maximum Gasteiger partial charge on any atom is 0.258 e. The average molecular weight is 498 g/mol. The normalized spacial score (nSPS) is 19.8. The molecule has 0 bridgehead atoms. The Balaban J connectivity index is 1.44. The van der Waals surface area contributed by atoms with E-state index in [9.17, 15) is 9.18 Å². The molecule has 5 rings (SSSR count). The monoisotopic (exact) mass is 497 g/mol. The molecule has 0 aliphatic carbocycles. The maximum absolute atomic E-state index is 14.2. The highest BCUT2D eigenvalue weighted by Crippen LogP contribution is 2.33. The smallest absolute Gasteiger partial charge is 0.258 e. The van der Waals surface area contributed by atoms with Gasteiger partial charge in [0.1, 0.15) is 17.7 Å². The number of carbonyl (C=O) groups is 1. The highest BCUT2D eigenvalue weighted by Gasteiger charge is 2.33. The molecule has 3 aromatic rings. The zero-order valence-electron chi connectivity index (χ0n) is 20.6. The van der Waals surface area contributed by atoms with E-state index in [2.05, 4.69) is 35.0 Å². The molecule has 1 amide bonds. The quantitative estimate of drug-likeness (QED) is 0.504. The molecule has 2 aliphatic rings. The van der Waals surface area contributed by atoms with Gasteiger partial charge in [-0.15, -0.1) is 0 Å². The number of hydrogen-bond acceptors (Lipinski definition) is 5. The molecule has 0 N–H and O–H groups in total. The van der Waals surface area contributed by atoms with Gasteiger partial charge in [0.15, 0.2) is 5.65 Å². The van der Waals surface area contributed by atoms with Crippen molar-refractivity contribution in [1.29, 1.82) is 0 Å². The third kappa shape index (κ3) is 4.03. The lowest BCUT2D eigenvalue weighted by atomic mass is 9.96. The number of carbonyl (C=O) groups excluding carboxylic acids is 1. The molecular weight excluding hydrogens is 469 g/mol. The van der Waals surface area contributed by atoms with Crippen LogP contribution in [0.1, 0.15) is 59.7 Å². The lowest BCUT2D eigenvalue weighted by molar-refractivity contribution is 0.0740. The maximum atomic E-state index is 14.2. The lowest BCUT2D eigenvalue weighted by Crippen LogP contribution is -2.38. The van der Waals surface area contributed by atoms with Gasteiger partial charge in [-0.1, -0.05) is 18.5 Å². The first-order chi connectivity index (χ1) is 16.7. The fraction of sp³-hybridized carbons (Fsp3) is 0.423. The van der Waals surface area contributed by atoms with Crippen LogP contribution in [0.25, 0.3) is 5.65 Å². The van der Waals surface area contributed by atoms with Crippen LogP contribution in [-0.4, -0.2) is 49.5 Å². The highest BCUT2D eigenvalue weighted by atomic mass is 35.5. The number of ether oxygens (including phenoxy) is 1. The predicted octanol–water partition coefficient (Wildman–Crippen LogP) is 5.06. The Morgan fingerprint density at radius 2 is 2.06 bits per heavy atom. The summed E-state index contributed by atoms with van der Waals surface area (Å²) in [7, 11) is 2.04. The summed E-state index contributed by atoms with van der Waals surface area (Å²) in [4.78, 5) is 22.1. The van der Waals surface area contributed by atoms with Crippen molar-refractivity contribution in [3.05, 3.63) is 69.0 Å². The van der Waals surface area contributed by atoms with Gasteiger partial charge in [-0.3, -0.25) is 4.79 Å². The number of nitrogens with zero attached hydrogens (tertiary/aromatic N) is 5. The van der Waals surface area contributed by atoms with E-state index in [0.717, 1.165) is 41.1 Å². The van der Waals surface area contributed by atoms with Crippen molar-refractivity contribution in [3.63, 3.8) is 0 Å². The van der Waals surface area contributed by atoms with E-state index in [1.54, 1.807) is 9.42 Å². The zero-order chi connectivity index (χ0) is 25.0. The fourth-order valence-electron chi connectivity index (χ4n) is 4.89. The lowest BCUT2D eigenvalue weighted by Gasteiger charge is -2.35. The summed E-state index contributed by atoms with van der Waals surface area (Å²) in [6, 6.07) is 4.40. The predicted molar refractivity (Wildman–Crippen MR) is 132 cm³/mol. The number of aryl methyl sites for hydroxylation is 2. The van der Waals surface area contributed by atoms with Gasteiger partial charge < -0.3 is 14.5 Å². The van der Waals surface area contributed by atoms with Crippen LogP contribution in [0, 0.1) is 19.7 Å². The molecule has 4 heterocycles. The van der Waals surface area contributed by atoms with Crippen molar-refractivity contribution < 1.29 is 13.9 Å². The fourth-order valence-corrected chi connectivity index (χ4v) is 5.02. The second-order valence-electron chi connectivity index (χ2n) is 9.47. The van der Waals surface area contributed by atoms with Crippen LogP contribution >= 0.6 is 11.6 Å². The Bertz CT molecular complexity index is 1370. The van der Waals surface area contributed by atoms with Crippen LogP contribution in [-0.2, 0) is 13.1 Å².